The van der Waals surface area contributed by atoms with Gasteiger partial charge in [0.25, 0.3) is 0 Å². The summed E-state index contributed by atoms with van der Waals surface area (Å²) >= 11 is 0. The quantitative estimate of drug-likeness (QED) is 0.519. The number of Topliss-reactive ketones (excluding diaryl/α,β-unsaturated/α-hetero) is 1. The number of aromatic nitrogens is 3. The fourth-order valence-corrected chi connectivity index (χ4v) is 3.61. The molecule has 0 saturated heterocycles. The van der Waals surface area contributed by atoms with Crippen LogP contribution in [-0.4, -0.2) is 47.7 Å². The summed E-state index contributed by atoms with van der Waals surface area (Å²) in [5.74, 6) is 0.402. The molecule has 0 aliphatic carbocycles. The van der Waals surface area contributed by atoms with Crippen molar-refractivity contribution in [2.75, 3.05) is 21.3 Å². The van der Waals surface area contributed by atoms with Crippen molar-refractivity contribution in [3.63, 3.8) is 0 Å². The van der Waals surface area contributed by atoms with Crippen LogP contribution in [-0.2, 0) is 24.1 Å². The van der Waals surface area contributed by atoms with Gasteiger partial charge in [0.15, 0.2) is 28.7 Å². The number of methoxy groups -OCH3 is 3. The van der Waals surface area contributed by atoms with E-state index >= 15 is 0 Å². The van der Waals surface area contributed by atoms with Gasteiger partial charge in [-0.05, 0) is 43.6 Å². The second-order valence-electron chi connectivity index (χ2n) is 8.22. The van der Waals surface area contributed by atoms with E-state index in [2.05, 4.69) is 15.0 Å². The normalized spacial score (nSPS) is 15.1. The highest BCUT2D eigenvalue weighted by atomic mass is 19.1. The number of hydrogen-bond donors (Lipinski definition) is 0. The van der Waals surface area contributed by atoms with Crippen LogP contribution in [0, 0.1) is 5.82 Å². The highest BCUT2D eigenvalue weighted by molar-refractivity contribution is 5.90. The number of rotatable bonds is 7. The minimum Gasteiger partial charge on any atom is -0.493 e. The van der Waals surface area contributed by atoms with Gasteiger partial charge in [0.2, 0.25) is 5.75 Å². The molecule has 9 heteroatoms. The monoisotopic (exact) mass is 469 g/mol. The zero-order valence-electron chi connectivity index (χ0n) is 21.6. The van der Waals surface area contributed by atoms with E-state index in [1.165, 1.54) is 21.3 Å². The number of hydrogen-bond acceptors (Lipinski definition) is 8. The molecule has 0 amide bonds. The van der Waals surface area contributed by atoms with Crippen molar-refractivity contribution in [3.05, 3.63) is 64.7 Å². The average molecular weight is 470 g/mol. The van der Waals surface area contributed by atoms with E-state index in [4.69, 9.17) is 21.7 Å². The van der Waals surface area contributed by atoms with Crippen molar-refractivity contribution in [2.45, 2.75) is 38.7 Å². The van der Waals surface area contributed by atoms with Gasteiger partial charge in [-0.25, -0.2) is 14.4 Å². The Hall–Kier alpha value is -3.75. The fraction of sp³-hybridized carbons (Fsp3) is 0.360. The second kappa shape index (κ2) is 9.24. The molecule has 34 heavy (non-hydrogen) atoms. The summed E-state index contributed by atoms with van der Waals surface area (Å²) in [5, 5.41) is 0. The summed E-state index contributed by atoms with van der Waals surface area (Å²) in [4.78, 5) is 25.2. The first-order chi connectivity index (χ1) is 17.1. The van der Waals surface area contributed by atoms with Gasteiger partial charge < -0.3 is 18.9 Å². The van der Waals surface area contributed by atoms with Crippen LogP contribution in [0.5, 0.6) is 23.0 Å². The van der Waals surface area contributed by atoms with E-state index in [-0.39, 0.29) is 71.5 Å². The van der Waals surface area contributed by atoms with E-state index in [1.54, 1.807) is 26.0 Å². The van der Waals surface area contributed by atoms with E-state index < -0.39 is 11.4 Å². The first kappa shape index (κ1) is 20.8. The second-order valence-corrected chi connectivity index (χ2v) is 8.22. The molecule has 0 fully saturated rings. The minimum absolute atomic E-state index is 0.0310. The highest BCUT2D eigenvalue weighted by Crippen LogP contribution is 2.38. The molecular formula is C25H26FN3O5. The Kier molecular flexibility index (Phi) is 5.66. The summed E-state index contributed by atoms with van der Waals surface area (Å²) in [6.07, 6.45) is 1.21. The summed E-state index contributed by atoms with van der Waals surface area (Å²) in [6, 6.07) is 3.28. The zero-order valence-corrected chi connectivity index (χ0v) is 19.6. The summed E-state index contributed by atoms with van der Waals surface area (Å²) < 4.78 is 53.3. The number of pyridine rings is 1. The number of benzene rings is 1. The SMILES string of the molecule is [2H]c1c(Cc2ncc(F)c(Cc3ccc4c(n3)CC(=O)C(C)(C)O4)n2)c([2H])c(OC)c(OC)c1OC. The third-order valence-electron chi connectivity index (χ3n) is 5.46. The van der Waals surface area contributed by atoms with Crippen molar-refractivity contribution in [1.82, 2.24) is 15.0 Å². The number of halogens is 1. The third kappa shape index (κ3) is 4.64. The van der Waals surface area contributed by atoms with Gasteiger partial charge in [0.05, 0.1) is 48.1 Å². The smallest absolute Gasteiger partial charge is 0.203 e. The van der Waals surface area contributed by atoms with Crippen LogP contribution in [0.1, 0.15) is 45.1 Å². The molecule has 4 rings (SSSR count). The zero-order chi connectivity index (χ0) is 26.2. The molecule has 0 bridgehead atoms. The van der Waals surface area contributed by atoms with Crippen molar-refractivity contribution < 1.29 is 30.9 Å². The molecule has 3 heterocycles. The summed E-state index contributed by atoms with van der Waals surface area (Å²) in [6.45, 7) is 3.42. The Morgan fingerprint density at radius 2 is 1.79 bits per heavy atom. The molecule has 2 aromatic heterocycles. The lowest BCUT2D eigenvalue weighted by Crippen LogP contribution is -2.43. The Labute approximate surface area is 199 Å². The van der Waals surface area contributed by atoms with Crippen molar-refractivity contribution in [2.24, 2.45) is 0 Å². The van der Waals surface area contributed by atoms with Crippen LogP contribution in [0.25, 0.3) is 0 Å². The molecule has 3 aromatic rings. The maximum atomic E-state index is 14.6. The van der Waals surface area contributed by atoms with E-state index in [1.807, 2.05) is 0 Å². The Bertz CT molecular complexity index is 1320. The molecule has 0 spiro atoms. The van der Waals surface area contributed by atoms with Crippen molar-refractivity contribution in [3.8, 4) is 23.0 Å². The Morgan fingerprint density at radius 1 is 1.09 bits per heavy atom. The first-order valence-corrected chi connectivity index (χ1v) is 10.6. The molecule has 0 N–H and O–H groups in total. The predicted molar refractivity (Wildman–Crippen MR) is 121 cm³/mol. The predicted octanol–water partition coefficient (Wildman–Crippen LogP) is 3.50. The average Bonchev–Trinajstić information content (AvgIpc) is 2.84. The van der Waals surface area contributed by atoms with Gasteiger partial charge in [-0.15, -0.1) is 0 Å². The summed E-state index contributed by atoms with van der Waals surface area (Å²) in [7, 11) is 4.17. The molecule has 1 aliphatic heterocycles. The van der Waals surface area contributed by atoms with Crippen LogP contribution in [0.15, 0.2) is 30.4 Å². The van der Waals surface area contributed by atoms with Gasteiger partial charge in [-0.2, -0.15) is 0 Å². The number of carbonyl (C=O) groups is 1. The van der Waals surface area contributed by atoms with Crippen molar-refractivity contribution >= 4 is 5.78 Å². The van der Waals surface area contributed by atoms with Crippen LogP contribution in [0.3, 0.4) is 0 Å². The topological polar surface area (TPSA) is 92.7 Å². The van der Waals surface area contributed by atoms with Gasteiger partial charge in [0.1, 0.15) is 11.6 Å². The van der Waals surface area contributed by atoms with Crippen molar-refractivity contribution in [1.29, 1.82) is 0 Å². The lowest BCUT2D eigenvalue weighted by molar-refractivity contribution is -0.132. The lowest BCUT2D eigenvalue weighted by Gasteiger charge is -2.30. The number of nitrogens with zero attached hydrogens (tertiary/aromatic N) is 3. The summed E-state index contributed by atoms with van der Waals surface area (Å²) in [5.41, 5.74) is 0.447. The highest BCUT2D eigenvalue weighted by Gasteiger charge is 2.36. The largest absolute Gasteiger partial charge is 0.493 e. The van der Waals surface area contributed by atoms with Gasteiger partial charge >= 0.3 is 0 Å². The maximum Gasteiger partial charge on any atom is 0.203 e. The van der Waals surface area contributed by atoms with Gasteiger partial charge in [0, 0.05) is 18.5 Å². The number of ether oxygens (including phenoxy) is 4. The number of fused-ring (bicyclic) bond motifs is 1. The van der Waals surface area contributed by atoms with E-state index in [0.717, 1.165) is 6.20 Å². The molecule has 0 atom stereocenters. The number of ketones is 1. The molecule has 0 radical (unpaired) electrons. The van der Waals surface area contributed by atoms with Crippen LogP contribution < -0.4 is 18.9 Å². The van der Waals surface area contributed by atoms with Crippen LogP contribution >= 0.6 is 0 Å². The lowest BCUT2D eigenvalue weighted by atomic mass is 9.95. The standard InChI is InChI=1S/C25H26FN3O5/c1-25(2)22(30)12-18-19(34-25)7-6-15(28-18)11-17-16(26)13-27-23(29-17)10-14-8-20(31-3)24(33-5)21(9-14)32-4/h6-9,13H,10-12H2,1-5H3/i8D,9D. The van der Waals surface area contributed by atoms with E-state index in [9.17, 15) is 9.18 Å². The Morgan fingerprint density at radius 3 is 2.44 bits per heavy atom. The first-order valence-electron chi connectivity index (χ1n) is 11.6. The maximum absolute atomic E-state index is 14.6. The molecule has 0 unspecified atom stereocenters. The molecule has 0 saturated carbocycles. The molecule has 1 aromatic carbocycles. The minimum atomic E-state index is -0.913. The molecule has 8 nitrogen and oxygen atoms in total. The van der Waals surface area contributed by atoms with Crippen LogP contribution in [0.2, 0.25) is 0 Å². The van der Waals surface area contributed by atoms with Gasteiger partial charge in [-0.1, -0.05) is 0 Å². The molecule has 1 aliphatic rings. The van der Waals surface area contributed by atoms with Gasteiger partial charge in [-0.3, -0.25) is 9.78 Å². The van der Waals surface area contributed by atoms with Crippen LogP contribution in [0.4, 0.5) is 4.39 Å². The molecular weight excluding hydrogens is 441 g/mol. The number of carbonyl (C=O) groups excluding carboxylic acids is 1. The third-order valence-corrected chi connectivity index (χ3v) is 5.46. The van der Waals surface area contributed by atoms with E-state index in [0.29, 0.717) is 17.1 Å². The Balaban J connectivity index is 1.65. The molecule has 178 valence electrons. The fourth-order valence-electron chi connectivity index (χ4n) is 3.61.